The zero-order valence-electron chi connectivity index (χ0n) is 26.4. The predicted octanol–water partition coefficient (Wildman–Crippen LogP) is 6.19. The van der Waals surface area contributed by atoms with Crippen LogP contribution in [-0.2, 0) is 0 Å². The van der Waals surface area contributed by atoms with Crippen LogP contribution in [0, 0.1) is 29.9 Å². The SMILES string of the molecule is C#Cc1c(F)ccc2cc(N)cc(-c3ccc4c(N5C[C@@H]6CC[C@](C7CC7)(C5)N6)nc(OC[C@@]56CCCN5CC(=C)C6)nc4c3F)c12. The van der Waals surface area contributed by atoms with Crippen LogP contribution in [0.25, 0.3) is 32.8 Å². The van der Waals surface area contributed by atoms with Gasteiger partial charge in [-0.25, -0.2) is 8.78 Å². The number of benzene rings is 3. The van der Waals surface area contributed by atoms with Gasteiger partial charge in [0.15, 0.2) is 5.82 Å². The van der Waals surface area contributed by atoms with E-state index in [0.717, 1.165) is 58.3 Å². The highest BCUT2D eigenvalue weighted by Gasteiger charge is 2.53. The van der Waals surface area contributed by atoms with Gasteiger partial charge in [-0.1, -0.05) is 30.2 Å². The van der Waals surface area contributed by atoms with E-state index in [9.17, 15) is 4.39 Å². The van der Waals surface area contributed by atoms with Gasteiger partial charge < -0.3 is 20.7 Å². The van der Waals surface area contributed by atoms with Crippen LogP contribution >= 0.6 is 0 Å². The van der Waals surface area contributed by atoms with Gasteiger partial charge in [0.2, 0.25) is 0 Å². The van der Waals surface area contributed by atoms with Crippen molar-refractivity contribution in [3.05, 3.63) is 65.7 Å². The molecule has 5 fully saturated rings. The van der Waals surface area contributed by atoms with Crippen LogP contribution in [0.4, 0.5) is 20.3 Å². The topological polar surface area (TPSA) is 79.5 Å². The highest BCUT2D eigenvalue weighted by atomic mass is 19.1. The maximum absolute atomic E-state index is 17.1. The molecule has 1 aromatic heterocycles. The van der Waals surface area contributed by atoms with Crippen molar-refractivity contribution in [1.82, 2.24) is 20.2 Å². The quantitative estimate of drug-likeness (QED) is 0.149. The zero-order valence-corrected chi connectivity index (χ0v) is 26.4. The molecule has 2 bridgehead atoms. The van der Waals surface area contributed by atoms with Crippen LogP contribution in [0.2, 0.25) is 0 Å². The summed E-state index contributed by atoms with van der Waals surface area (Å²) in [6.45, 7) is 8.17. The third-order valence-electron chi connectivity index (χ3n) is 11.5. The average Bonchev–Trinajstić information content (AvgIpc) is 3.70. The number of nitrogens with one attached hydrogen (secondary N) is 1. The van der Waals surface area contributed by atoms with Gasteiger partial charge in [-0.3, -0.25) is 4.90 Å². The first-order valence-corrected chi connectivity index (χ1v) is 16.8. The molecule has 3 N–H and O–H groups in total. The van der Waals surface area contributed by atoms with Gasteiger partial charge in [-0.2, -0.15) is 9.97 Å². The summed E-state index contributed by atoms with van der Waals surface area (Å²) in [7, 11) is 0. The lowest BCUT2D eigenvalue weighted by atomic mass is 9.90. The van der Waals surface area contributed by atoms with Crippen molar-refractivity contribution in [3.63, 3.8) is 0 Å². The Kier molecular flexibility index (Phi) is 6.38. The Bertz CT molecular complexity index is 2040. The minimum atomic E-state index is -0.542. The number of hydrogen-bond acceptors (Lipinski definition) is 7. The first-order valence-electron chi connectivity index (χ1n) is 16.8. The minimum absolute atomic E-state index is 0.0589. The van der Waals surface area contributed by atoms with Gasteiger partial charge in [-0.15, -0.1) is 6.42 Å². The second-order valence-corrected chi connectivity index (χ2v) is 14.5. The van der Waals surface area contributed by atoms with Crippen LogP contribution in [0.3, 0.4) is 0 Å². The van der Waals surface area contributed by atoms with Gasteiger partial charge in [0, 0.05) is 53.2 Å². The van der Waals surface area contributed by atoms with E-state index in [-0.39, 0.29) is 33.7 Å². The maximum atomic E-state index is 17.1. The number of rotatable bonds is 6. The normalized spacial score (nSPS) is 27.1. The Balaban J connectivity index is 1.20. The van der Waals surface area contributed by atoms with Gasteiger partial charge in [0.25, 0.3) is 0 Å². The number of nitrogens with zero attached hydrogens (tertiary/aromatic N) is 4. The standard InChI is InChI=1S/C38H38F2N6O/c1-3-27-31(39)10-5-23-15-25(41)16-30(32(23)27)28-8-9-29-34(33(28)40)42-36(47-21-37-12-4-14-46(37)18-22(2)17-37)43-35(29)45-19-26-11-13-38(20-45,44-26)24-6-7-24/h1,5,8-10,15-16,24,26,44H,2,4,6-7,11-14,17-21,41H2/t26-,37-,38+/m0/s1. The van der Waals surface area contributed by atoms with Crippen molar-refractivity contribution >= 4 is 33.2 Å². The van der Waals surface area contributed by atoms with Crippen LogP contribution in [0.5, 0.6) is 6.01 Å². The molecule has 5 aliphatic rings. The molecular formula is C38H38F2N6O. The number of hydrogen-bond donors (Lipinski definition) is 2. The van der Waals surface area contributed by atoms with E-state index in [1.165, 1.54) is 24.5 Å². The first kappa shape index (κ1) is 28.9. The fourth-order valence-electron chi connectivity index (χ4n) is 9.27. The molecule has 3 atom stereocenters. The lowest BCUT2D eigenvalue weighted by Crippen LogP contribution is -2.61. The minimum Gasteiger partial charge on any atom is -0.461 e. The largest absolute Gasteiger partial charge is 0.461 e. The van der Waals surface area contributed by atoms with Crippen molar-refractivity contribution in [2.45, 2.75) is 62.1 Å². The van der Waals surface area contributed by atoms with E-state index in [2.05, 4.69) is 27.6 Å². The zero-order chi connectivity index (χ0) is 32.1. The lowest BCUT2D eigenvalue weighted by molar-refractivity contribution is 0.108. The van der Waals surface area contributed by atoms with Crippen molar-refractivity contribution in [2.75, 3.05) is 43.4 Å². The molecule has 240 valence electrons. The average molecular weight is 633 g/mol. The summed E-state index contributed by atoms with van der Waals surface area (Å²) in [4.78, 5) is 14.6. The highest BCUT2D eigenvalue weighted by molar-refractivity contribution is 6.04. The number of terminal acetylenes is 1. The van der Waals surface area contributed by atoms with Crippen molar-refractivity contribution in [3.8, 4) is 29.5 Å². The fourth-order valence-corrected chi connectivity index (χ4v) is 9.27. The van der Waals surface area contributed by atoms with Crippen LogP contribution < -0.4 is 20.7 Å². The molecule has 4 saturated heterocycles. The third kappa shape index (κ3) is 4.52. The van der Waals surface area contributed by atoms with E-state index in [1.807, 2.05) is 6.07 Å². The second kappa shape index (κ2) is 10.4. The van der Waals surface area contributed by atoms with E-state index in [1.54, 1.807) is 24.3 Å². The molecule has 4 aliphatic heterocycles. The molecule has 9 rings (SSSR count). The molecule has 3 aromatic carbocycles. The molecule has 0 unspecified atom stereocenters. The highest BCUT2D eigenvalue weighted by Crippen LogP contribution is 2.49. The van der Waals surface area contributed by atoms with Crippen molar-refractivity contribution < 1.29 is 13.5 Å². The van der Waals surface area contributed by atoms with E-state index < -0.39 is 11.6 Å². The van der Waals surface area contributed by atoms with E-state index >= 15 is 4.39 Å². The molecule has 1 saturated carbocycles. The smallest absolute Gasteiger partial charge is 0.319 e. The number of piperazine rings is 1. The maximum Gasteiger partial charge on any atom is 0.319 e. The Morgan fingerprint density at radius 3 is 2.81 bits per heavy atom. The summed E-state index contributed by atoms with van der Waals surface area (Å²) in [6, 6.07) is 10.4. The summed E-state index contributed by atoms with van der Waals surface area (Å²) in [5, 5.41) is 5.64. The Labute approximate surface area is 273 Å². The number of nitrogens with two attached hydrogens (primary N) is 1. The monoisotopic (exact) mass is 632 g/mol. The molecule has 5 heterocycles. The molecular weight excluding hydrogens is 594 g/mol. The summed E-state index contributed by atoms with van der Waals surface area (Å²) >= 11 is 0. The number of fused-ring (bicyclic) bond motifs is 5. The molecule has 4 aromatic rings. The molecule has 0 spiro atoms. The van der Waals surface area contributed by atoms with Crippen molar-refractivity contribution in [1.29, 1.82) is 0 Å². The van der Waals surface area contributed by atoms with Gasteiger partial charge in [-0.05, 0) is 92.6 Å². The van der Waals surface area contributed by atoms with Crippen LogP contribution in [0.15, 0.2) is 48.6 Å². The molecule has 1 aliphatic carbocycles. The van der Waals surface area contributed by atoms with Gasteiger partial charge >= 0.3 is 6.01 Å². The first-order chi connectivity index (χ1) is 22.8. The molecule has 0 radical (unpaired) electrons. The third-order valence-corrected chi connectivity index (χ3v) is 11.5. The summed E-state index contributed by atoms with van der Waals surface area (Å²) in [6.07, 6.45) is 13.5. The predicted molar refractivity (Wildman–Crippen MR) is 181 cm³/mol. The molecule has 9 heteroatoms. The van der Waals surface area contributed by atoms with Gasteiger partial charge in [0.1, 0.15) is 23.8 Å². The number of nitrogen functional groups attached to an aromatic ring is 1. The Morgan fingerprint density at radius 2 is 1.98 bits per heavy atom. The Morgan fingerprint density at radius 1 is 1.11 bits per heavy atom. The summed E-state index contributed by atoms with van der Waals surface area (Å²) in [5.74, 6) is 2.75. The number of anilines is 2. The van der Waals surface area contributed by atoms with E-state index in [4.69, 9.17) is 26.9 Å². The second-order valence-electron chi connectivity index (χ2n) is 14.5. The van der Waals surface area contributed by atoms with Crippen molar-refractivity contribution in [2.24, 2.45) is 5.92 Å². The molecule has 7 nitrogen and oxygen atoms in total. The van der Waals surface area contributed by atoms with Crippen LogP contribution in [-0.4, -0.2) is 64.8 Å². The fraction of sp³-hybridized carbons (Fsp3) is 0.421. The Hall–Kier alpha value is -4.26. The number of aromatic nitrogens is 2. The van der Waals surface area contributed by atoms with Crippen LogP contribution in [0.1, 0.15) is 50.5 Å². The van der Waals surface area contributed by atoms with Gasteiger partial charge in [0.05, 0.1) is 11.1 Å². The summed E-state index contributed by atoms with van der Waals surface area (Å²) in [5.41, 5.74) is 8.76. The summed E-state index contributed by atoms with van der Waals surface area (Å²) < 4.78 is 38.5. The lowest BCUT2D eigenvalue weighted by Gasteiger charge is -2.42. The number of ether oxygens (including phenoxy) is 1. The molecule has 0 amide bonds. The van der Waals surface area contributed by atoms with E-state index in [0.29, 0.717) is 51.8 Å². The number of halogens is 2. The molecule has 47 heavy (non-hydrogen) atoms.